The van der Waals surface area contributed by atoms with Gasteiger partial charge in [0.05, 0.1) is 28.8 Å². The highest BCUT2D eigenvalue weighted by atomic mass is 32.2. The van der Waals surface area contributed by atoms with E-state index in [0.717, 1.165) is 17.7 Å². The Balaban J connectivity index is 0.000000423. The molecular formula is C26H28N4O8S. The Morgan fingerprint density at radius 1 is 1.18 bits per heavy atom. The maximum atomic E-state index is 13.3. The molecule has 2 aliphatic heterocycles. The summed E-state index contributed by atoms with van der Waals surface area (Å²) in [5.74, 6) is 0.109. The third kappa shape index (κ3) is 6.47. The van der Waals surface area contributed by atoms with Gasteiger partial charge in [0.25, 0.3) is 15.9 Å². The fourth-order valence-electron chi connectivity index (χ4n) is 3.96. The molecule has 1 saturated heterocycles. The van der Waals surface area contributed by atoms with Crippen molar-refractivity contribution in [3.63, 3.8) is 0 Å². The predicted octanol–water partition coefficient (Wildman–Crippen LogP) is 3.64. The number of hydrogen-bond acceptors (Lipinski definition) is 9. The van der Waals surface area contributed by atoms with Crippen LogP contribution in [0.2, 0.25) is 0 Å². The Labute approximate surface area is 226 Å². The number of nitrogens with zero attached hydrogens (tertiary/aromatic N) is 3. The third-order valence-corrected chi connectivity index (χ3v) is 7.85. The van der Waals surface area contributed by atoms with E-state index >= 15 is 0 Å². The number of benzene rings is 2. The molecule has 0 bridgehead atoms. The van der Waals surface area contributed by atoms with E-state index < -0.39 is 22.2 Å². The van der Waals surface area contributed by atoms with Crippen molar-refractivity contribution in [2.24, 2.45) is 0 Å². The Morgan fingerprint density at radius 3 is 2.64 bits per heavy atom. The van der Waals surface area contributed by atoms with Gasteiger partial charge in [-0.15, -0.1) is 0 Å². The first-order valence-electron chi connectivity index (χ1n) is 12.0. The van der Waals surface area contributed by atoms with Crippen LogP contribution in [0.4, 0.5) is 21.0 Å². The largest absolute Gasteiger partial charge is 0.489 e. The fraction of sp³-hybridized carbons (Fsp3) is 0.308. The number of rotatable bonds is 4. The number of carbonyl (C=O) groups is 3. The number of nitriles is 1. The van der Waals surface area contributed by atoms with Crippen LogP contribution in [-0.2, 0) is 24.3 Å². The second-order valence-electron chi connectivity index (χ2n) is 8.69. The summed E-state index contributed by atoms with van der Waals surface area (Å²) in [5, 5.41) is 11.8. The molecule has 13 heteroatoms. The number of fused-ring (bicyclic) bond motifs is 1. The number of carbonyl (C=O) groups excluding carboxylic acids is 3. The molecule has 39 heavy (non-hydrogen) atoms. The lowest BCUT2D eigenvalue weighted by molar-refractivity contribution is -0.125. The Bertz CT molecular complexity index is 1440. The van der Waals surface area contributed by atoms with Crippen molar-refractivity contribution >= 4 is 39.5 Å². The quantitative estimate of drug-likeness (QED) is 0.556. The molecule has 2 aromatic rings. The van der Waals surface area contributed by atoms with E-state index in [0.29, 0.717) is 23.5 Å². The highest BCUT2D eigenvalue weighted by molar-refractivity contribution is 7.92. The third-order valence-electron chi connectivity index (χ3n) is 6.04. The number of imide groups is 1. The van der Waals surface area contributed by atoms with Crippen molar-refractivity contribution in [1.82, 2.24) is 4.90 Å². The average Bonchev–Trinajstić information content (AvgIpc) is 3.24. The van der Waals surface area contributed by atoms with Gasteiger partial charge in [-0.05, 0) is 49.2 Å². The SMILES string of the molecule is CN1C(=O)COC1=O.N#Cc1cccc(S(=O)(=O)N2CCOc3ccc(NC(=O)O[C@@H]4CC=CCC4)cc32)c1.[HH]. The second kappa shape index (κ2) is 11.9. The summed E-state index contributed by atoms with van der Waals surface area (Å²) in [4.78, 5) is 33.9. The molecule has 3 amide bonds. The Hall–Kier alpha value is -4.57. The van der Waals surface area contributed by atoms with E-state index in [1.165, 1.54) is 29.6 Å². The molecule has 0 saturated carbocycles. The summed E-state index contributed by atoms with van der Waals surface area (Å²) in [7, 11) is -2.54. The number of cyclic esters (lactones) is 1. The number of hydrogen-bond donors (Lipinski definition) is 1. The van der Waals surface area contributed by atoms with E-state index in [1.54, 1.807) is 24.3 Å². The zero-order valence-corrected chi connectivity index (χ0v) is 21.8. The first-order chi connectivity index (χ1) is 18.7. The van der Waals surface area contributed by atoms with Crippen LogP contribution in [0.3, 0.4) is 0 Å². The highest BCUT2D eigenvalue weighted by Gasteiger charge is 2.31. The van der Waals surface area contributed by atoms with Crippen molar-refractivity contribution in [2.75, 3.05) is 36.4 Å². The normalized spacial score (nSPS) is 18.1. The van der Waals surface area contributed by atoms with Crippen LogP contribution in [-0.4, -0.2) is 64.3 Å². The Kier molecular flexibility index (Phi) is 8.36. The molecule has 1 atom stereocenters. The molecule has 5 rings (SSSR count). The van der Waals surface area contributed by atoms with Crippen LogP contribution in [0.5, 0.6) is 5.75 Å². The fourth-order valence-corrected chi connectivity index (χ4v) is 5.46. The zero-order valence-electron chi connectivity index (χ0n) is 21.0. The Morgan fingerprint density at radius 2 is 2.00 bits per heavy atom. The number of sulfonamides is 1. The number of amides is 3. The molecule has 0 radical (unpaired) electrons. The van der Waals surface area contributed by atoms with Gasteiger partial charge in [0.15, 0.2) is 6.61 Å². The van der Waals surface area contributed by atoms with E-state index in [9.17, 15) is 22.8 Å². The minimum absolute atomic E-state index is 0. The highest BCUT2D eigenvalue weighted by Crippen LogP contribution is 2.37. The molecule has 2 aromatic carbocycles. The standard InChI is InChI=1S/C22H21N3O5S.C4H5NO3.H2/c23-15-16-5-4-8-19(13-16)31(27,28)25-11-12-29-21-10-9-17(14-20(21)25)24-22(26)30-18-6-2-1-3-7-18;1-5-3(6)2-8-4(5)7;/h1-2,4-5,8-10,13-14,18H,3,6-7,11-12H2,(H,24,26);2H2,1H3;1H/t18-;;/m1../s1. The van der Waals surface area contributed by atoms with E-state index in [4.69, 9.17) is 14.7 Å². The van der Waals surface area contributed by atoms with Crippen LogP contribution in [0.1, 0.15) is 26.3 Å². The molecule has 1 fully saturated rings. The number of likely N-dealkylation sites (N-methyl/N-ethyl adjacent to an activating group) is 1. The molecule has 206 valence electrons. The molecule has 1 aliphatic carbocycles. The van der Waals surface area contributed by atoms with Gasteiger partial charge in [-0.3, -0.25) is 14.4 Å². The van der Waals surface area contributed by atoms with Gasteiger partial charge >= 0.3 is 12.2 Å². The number of ether oxygens (including phenoxy) is 3. The minimum Gasteiger partial charge on any atom is -0.489 e. The van der Waals surface area contributed by atoms with Gasteiger partial charge in [0.2, 0.25) is 0 Å². The summed E-state index contributed by atoms with van der Waals surface area (Å²) in [5.41, 5.74) is 0.962. The maximum absolute atomic E-state index is 13.3. The monoisotopic (exact) mass is 556 g/mol. The van der Waals surface area contributed by atoms with Gasteiger partial charge in [-0.1, -0.05) is 18.2 Å². The summed E-state index contributed by atoms with van der Waals surface area (Å²) >= 11 is 0. The topological polar surface area (TPSA) is 155 Å². The number of anilines is 2. The van der Waals surface area contributed by atoms with Crippen molar-refractivity contribution in [2.45, 2.75) is 30.3 Å². The van der Waals surface area contributed by atoms with Gasteiger partial charge < -0.3 is 14.2 Å². The molecular weight excluding hydrogens is 528 g/mol. The molecule has 0 aromatic heterocycles. The van der Waals surface area contributed by atoms with Crippen LogP contribution in [0.15, 0.2) is 59.5 Å². The minimum atomic E-state index is -3.93. The second-order valence-corrected chi connectivity index (χ2v) is 10.6. The lowest BCUT2D eigenvalue weighted by Crippen LogP contribution is -2.38. The van der Waals surface area contributed by atoms with E-state index in [-0.39, 0.29) is 43.7 Å². The molecule has 3 aliphatic rings. The summed E-state index contributed by atoms with van der Waals surface area (Å²) in [6.45, 7) is 0.192. The number of allylic oxidation sites excluding steroid dienone is 1. The zero-order chi connectivity index (χ0) is 28.0. The van der Waals surface area contributed by atoms with Crippen LogP contribution < -0.4 is 14.4 Å². The lowest BCUT2D eigenvalue weighted by Gasteiger charge is -2.31. The molecule has 1 N–H and O–H groups in total. The van der Waals surface area contributed by atoms with Gasteiger partial charge in [0, 0.05) is 20.6 Å². The summed E-state index contributed by atoms with van der Waals surface area (Å²) in [6, 6.07) is 12.6. The van der Waals surface area contributed by atoms with Crippen LogP contribution in [0.25, 0.3) is 0 Å². The van der Waals surface area contributed by atoms with Crippen molar-refractivity contribution < 1.29 is 38.4 Å². The maximum Gasteiger partial charge on any atom is 0.416 e. The van der Waals surface area contributed by atoms with E-state index in [1.807, 2.05) is 12.1 Å². The van der Waals surface area contributed by atoms with E-state index in [2.05, 4.69) is 16.1 Å². The number of nitrogens with one attached hydrogen (secondary N) is 1. The average molecular weight is 557 g/mol. The van der Waals surface area contributed by atoms with Gasteiger partial charge in [-0.2, -0.15) is 5.26 Å². The molecule has 0 unspecified atom stereocenters. The lowest BCUT2D eigenvalue weighted by atomic mass is 10.1. The van der Waals surface area contributed by atoms with Crippen LogP contribution in [0, 0.1) is 11.3 Å². The molecule has 2 heterocycles. The van der Waals surface area contributed by atoms with Crippen molar-refractivity contribution in [1.29, 1.82) is 5.26 Å². The van der Waals surface area contributed by atoms with Gasteiger partial charge in [0.1, 0.15) is 18.5 Å². The smallest absolute Gasteiger partial charge is 0.416 e. The summed E-state index contributed by atoms with van der Waals surface area (Å²) in [6.07, 6.45) is 5.05. The first-order valence-corrected chi connectivity index (χ1v) is 13.5. The van der Waals surface area contributed by atoms with Crippen molar-refractivity contribution in [3.05, 3.63) is 60.2 Å². The van der Waals surface area contributed by atoms with Crippen LogP contribution >= 0.6 is 0 Å². The molecule has 0 spiro atoms. The molecule has 12 nitrogen and oxygen atoms in total. The first kappa shape index (κ1) is 27.5. The van der Waals surface area contributed by atoms with Gasteiger partial charge in [-0.25, -0.2) is 22.9 Å². The predicted molar refractivity (Wildman–Crippen MR) is 141 cm³/mol. The summed E-state index contributed by atoms with van der Waals surface area (Å²) < 4.78 is 43.1. The van der Waals surface area contributed by atoms with Crippen molar-refractivity contribution in [3.8, 4) is 11.8 Å².